The molecule has 1 aliphatic rings. The predicted octanol–water partition coefficient (Wildman–Crippen LogP) is 2.13. The van der Waals surface area contributed by atoms with E-state index in [0.717, 1.165) is 31.3 Å². The molecule has 0 amide bonds. The summed E-state index contributed by atoms with van der Waals surface area (Å²) in [7, 11) is -5.37. The van der Waals surface area contributed by atoms with Crippen LogP contribution in [0.3, 0.4) is 0 Å². The van der Waals surface area contributed by atoms with Crippen molar-refractivity contribution in [3.63, 3.8) is 0 Å². The maximum absolute atomic E-state index is 12.2. The molecular formula is C13H17NO3S2. The molecule has 2 rings (SSSR count). The molecule has 1 N–H and O–H groups in total. The normalized spacial score (nSPS) is 22.1. The van der Waals surface area contributed by atoms with Gasteiger partial charge < -0.3 is 0 Å². The number of hydrogen-bond donors (Lipinski definition) is 1. The van der Waals surface area contributed by atoms with E-state index in [0.29, 0.717) is 0 Å². The van der Waals surface area contributed by atoms with Crippen LogP contribution in [0.4, 0.5) is 0 Å². The van der Waals surface area contributed by atoms with Crippen LogP contribution in [0, 0.1) is 0 Å². The maximum atomic E-state index is 12.2. The van der Waals surface area contributed by atoms with Gasteiger partial charge in [-0.2, -0.15) is 0 Å². The van der Waals surface area contributed by atoms with E-state index < -0.39 is 21.0 Å². The average molecular weight is 299 g/mol. The Hall–Kier alpha value is -0.980. The molecule has 1 fully saturated rings. The lowest BCUT2D eigenvalue weighted by molar-refractivity contribution is 0.581. The van der Waals surface area contributed by atoms with E-state index in [1.165, 1.54) is 12.1 Å². The molecule has 19 heavy (non-hydrogen) atoms. The van der Waals surface area contributed by atoms with Crippen LogP contribution in [0.25, 0.3) is 0 Å². The fraction of sp³-hybridized carbons (Fsp3) is 0.385. The minimum absolute atomic E-state index is 0.129. The molecule has 1 aromatic carbocycles. The fourth-order valence-electron chi connectivity index (χ4n) is 2.12. The van der Waals surface area contributed by atoms with E-state index in [1.807, 2.05) is 0 Å². The van der Waals surface area contributed by atoms with Crippen LogP contribution < -0.4 is 4.13 Å². The van der Waals surface area contributed by atoms with Crippen molar-refractivity contribution in [1.29, 1.82) is 0 Å². The van der Waals surface area contributed by atoms with Gasteiger partial charge in [-0.1, -0.05) is 36.8 Å². The molecule has 1 saturated carbocycles. The summed E-state index contributed by atoms with van der Waals surface area (Å²) < 4.78 is 38.5. The van der Waals surface area contributed by atoms with Crippen LogP contribution >= 0.6 is 0 Å². The highest BCUT2D eigenvalue weighted by molar-refractivity contribution is 8.02. The zero-order chi connectivity index (χ0) is 13.9. The van der Waals surface area contributed by atoms with Crippen molar-refractivity contribution in [2.75, 3.05) is 0 Å². The highest BCUT2D eigenvalue weighted by atomic mass is 32.3. The zero-order valence-electron chi connectivity index (χ0n) is 10.5. The summed E-state index contributed by atoms with van der Waals surface area (Å²) >= 11 is 0. The lowest BCUT2D eigenvalue weighted by atomic mass is 9.96. The minimum atomic E-state index is -3.72. The number of hydrogen-bond acceptors (Lipinski definition) is 3. The number of rotatable bonds is 4. The molecule has 6 heteroatoms. The van der Waals surface area contributed by atoms with Crippen molar-refractivity contribution < 1.29 is 12.6 Å². The quantitative estimate of drug-likeness (QED) is 0.866. The molecule has 1 aromatic rings. The molecular weight excluding hydrogens is 282 g/mol. The van der Waals surface area contributed by atoms with Crippen LogP contribution in [0.2, 0.25) is 0 Å². The van der Waals surface area contributed by atoms with Crippen molar-refractivity contribution in [3.8, 4) is 0 Å². The molecule has 0 aliphatic heterocycles. The second kappa shape index (κ2) is 5.98. The fourth-order valence-corrected chi connectivity index (χ4v) is 5.15. The third-order valence-electron chi connectivity index (χ3n) is 3.17. The summed E-state index contributed by atoms with van der Waals surface area (Å²) in [6.07, 6.45) is 3.55. The van der Waals surface area contributed by atoms with E-state index >= 15 is 0 Å². The first-order valence-electron chi connectivity index (χ1n) is 6.16. The minimum Gasteiger partial charge on any atom is -0.241 e. The van der Waals surface area contributed by atoms with Gasteiger partial charge in [0, 0.05) is 0 Å². The van der Waals surface area contributed by atoms with Gasteiger partial charge in [0.15, 0.2) is 0 Å². The van der Waals surface area contributed by atoms with Crippen LogP contribution in [0.1, 0.15) is 25.7 Å². The van der Waals surface area contributed by atoms with Crippen LogP contribution in [0.5, 0.6) is 0 Å². The molecule has 104 valence electrons. The molecule has 2 unspecified atom stereocenters. The standard InChI is InChI=1S/C13H17NO3S2/c1-11-7-5-6-10-13(11)18(15)14-19(16,17)12-8-3-2-4-9-12/h2-4,8-9,13-14H,1,5-7,10H2. The maximum Gasteiger partial charge on any atom is 0.251 e. The molecule has 0 heterocycles. The van der Waals surface area contributed by atoms with Gasteiger partial charge >= 0.3 is 0 Å². The van der Waals surface area contributed by atoms with Gasteiger partial charge in [-0.25, -0.2) is 12.6 Å². The second-order valence-corrected chi connectivity index (χ2v) is 7.90. The number of benzene rings is 1. The molecule has 0 bridgehead atoms. The van der Waals surface area contributed by atoms with E-state index in [-0.39, 0.29) is 10.1 Å². The van der Waals surface area contributed by atoms with Crippen LogP contribution in [-0.2, 0) is 21.0 Å². The van der Waals surface area contributed by atoms with Crippen LogP contribution in [0.15, 0.2) is 47.4 Å². The highest BCUT2D eigenvalue weighted by Gasteiger charge is 2.27. The summed E-state index contributed by atoms with van der Waals surface area (Å²) in [5.41, 5.74) is 0.875. The smallest absolute Gasteiger partial charge is 0.241 e. The average Bonchev–Trinajstić information content (AvgIpc) is 2.39. The van der Waals surface area contributed by atoms with Gasteiger partial charge in [0.05, 0.1) is 10.1 Å². The Morgan fingerprint density at radius 1 is 1.21 bits per heavy atom. The first kappa shape index (κ1) is 14.4. The molecule has 4 nitrogen and oxygen atoms in total. The van der Waals surface area contributed by atoms with E-state index in [9.17, 15) is 12.6 Å². The third kappa shape index (κ3) is 3.52. The Labute approximate surface area is 116 Å². The van der Waals surface area contributed by atoms with Crippen molar-refractivity contribution in [3.05, 3.63) is 42.5 Å². The zero-order valence-corrected chi connectivity index (χ0v) is 12.2. The summed E-state index contributed by atoms with van der Waals surface area (Å²) in [5.74, 6) is 0. The summed E-state index contributed by atoms with van der Waals surface area (Å²) in [6, 6.07) is 7.97. The Kier molecular flexibility index (Phi) is 4.54. The second-order valence-electron chi connectivity index (χ2n) is 4.59. The molecule has 0 radical (unpaired) electrons. The van der Waals surface area contributed by atoms with E-state index in [4.69, 9.17) is 0 Å². The predicted molar refractivity (Wildman–Crippen MR) is 76.3 cm³/mol. The van der Waals surface area contributed by atoms with Gasteiger partial charge in [-0.05, 0) is 31.4 Å². The Bertz CT molecular complexity index is 581. The topological polar surface area (TPSA) is 63.2 Å². The molecule has 0 aromatic heterocycles. The van der Waals surface area contributed by atoms with Crippen molar-refractivity contribution in [2.45, 2.75) is 35.8 Å². The van der Waals surface area contributed by atoms with E-state index in [1.54, 1.807) is 18.2 Å². The Balaban J connectivity index is 2.12. The van der Waals surface area contributed by atoms with Gasteiger partial charge in [-0.3, -0.25) is 0 Å². The van der Waals surface area contributed by atoms with Crippen LogP contribution in [-0.4, -0.2) is 17.9 Å². The Morgan fingerprint density at radius 3 is 2.53 bits per heavy atom. The van der Waals surface area contributed by atoms with Crippen molar-refractivity contribution in [1.82, 2.24) is 4.13 Å². The lowest BCUT2D eigenvalue weighted by Gasteiger charge is -2.23. The largest absolute Gasteiger partial charge is 0.251 e. The number of nitrogens with one attached hydrogen (secondary N) is 1. The first-order valence-corrected chi connectivity index (χ1v) is 8.86. The van der Waals surface area contributed by atoms with Gasteiger partial charge in [0.2, 0.25) is 0 Å². The van der Waals surface area contributed by atoms with Gasteiger partial charge in [0.1, 0.15) is 11.0 Å². The first-order chi connectivity index (χ1) is 9.00. The summed E-state index contributed by atoms with van der Waals surface area (Å²) in [5, 5.41) is -0.271. The third-order valence-corrected chi connectivity index (χ3v) is 6.69. The summed E-state index contributed by atoms with van der Waals surface area (Å²) in [6.45, 7) is 3.89. The highest BCUT2D eigenvalue weighted by Crippen LogP contribution is 2.26. The monoisotopic (exact) mass is 299 g/mol. The SMILES string of the molecule is C=C1CCCCC1S(=O)NS(=O)(=O)c1ccccc1. The number of sulfonamides is 1. The van der Waals surface area contributed by atoms with Gasteiger partial charge in [0.25, 0.3) is 10.0 Å². The molecule has 0 saturated heterocycles. The molecule has 1 aliphatic carbocycles. The molecule has 0 spiro atoms. The Morgan fingerprint density at radius 2 is 1.89 bits per heavy atom. The van der Waals surface area contributed by atoms with Crippen molar-refractivity contribution in [2.24, 2.45) is 0 Å². The lowest BCUT2D eigenvalue weighted by Crippen LogP contribution is -2.35. The summed E-state index contributed by atoms with van der Waals surface area (Å²) in [4.78, 5) is 0.129. The molecule has 2 atom stereocenters. The van der Waals surface area contributed by atoms with E-state index in [2.05, 4.69) is 10.7 Å². The van der Waals surface area contributed by atoms with Crippen molar-refractivity contribution >= 4 is 21.0 Å². The van der Waals surface area contributed by atoms with Gasteiger partial charge in [-0.15, -0.1) is 4.13 Å².